The van der Waals surface area contributed by atoms with Gasteiger partial charge in [0, 0.05) is 6.04 Å². The molecule has 0 aliphatic heterocycles. The van der Waals surface area contributed by atoms with E-state index in [2.05, 4.69) is 0 Å². The van der Waals surface area contributed by atoms with Gasteiger partial charge in [-0.25, -0.2) is 13.9 Å². The van der Waals surface area contributed by atoms with Crippen molar-refractivity contribution >= 4 is 10.2 Å². The summed E-state index contributed by atoms with van der Waals surface area (Å²) in [4.78, 5) is 0. The molecule has 0 heterocycles. The van der Waals surface area contributed by atoms with Gasteiger partial charge in [-0.2, -0.15) is 12.7 Å². The number of hydrogen-bond donors (Lipinski definition) is 2. The zero-order valence-corrected chi connectivity index (χ0v) is 9.47. The first-order valence-electron chi connectivity index (χ1n) is 4.42. The molecule has 3 N–H and O–H groups in total. The number of aliphatic hydroxyl groups is 1. The number of hydrogen-bond acceptors (Lipinski definition) is 3. The van der Waals surface area contributed by atoms with E-state index in [0.717, 1.165) is 0 Å². The maximum absolute atomic E-state index is 12.8. The van der Waals surface area contributed by atoms with Gasteiger partial charge in [0.05, 0.1) is 6.54 Å². The summed E-state index contributed by atoms with van der Waals surface area (Å²) < 4.78 is 48.2. The molecule has 0 aromatic heterocycles. The molecule has 0 saturated carbocycles. The molecule has 0 aliphatic carbocycles. The number of nitrogens with zero attached hydrogens (tertiary/aromatic N) is 1. The van der Waals surface area contributed by atoms with Gasteiger partial charge in [-0.3, -0.25) is 0 Å². The monoisotopic (exact) mass is 246 g/mol. The van der Waals surface area contributed by atoms with E-state index in [1.807, 2.05) is 0 Å². The molecule has 1 atom stereocenters. The summed E-state index contributed by atoms with van der Waals surface area (Å²) >= 11 is 0. The summed E-state index contributed by atoms with van der Waals surface area (Å²) in [6.07, 6.45) is 0.359. The lowest BCUT2D eigenvalue weighted by atomic mass is 10.2. The van der Waals surface area contributed by atoms with Crippen molar-refractivity contribution < 1.29 is 22.3 Å². The maximum Gasteiger partial charge on any atom is 0.284 e. The average molecular weight is 246 g/mol. The quantitative estimate of drug-likeness (QED) is 0.687. The third kappa shape index (κ3) is 4.83. The van der Waals surface area contributed by atoms with Gasteiger partial charge in [0.15, 0.2) is 0 Å². The first-order valence-corrected chi connectivity index (χ1v) is 5.92. The van der Waals surface area contributed by atoms with E-state index in [1.54, 1.807) is 6.92 Å². The fraction of sp³-hybridized carbons (Fsp3) is 1.00. The van der Waals surface area contributed by atoms with Crippen LogP contribution in [0, 0.1) is 0 Å². The van der Waals surface area contributed by atoms with Crippen molar-refractivity contribution in [2.45, 2.75) is 32.2 Å². The largest absolute Gasteiger partial charge is 0.390 e. The van der Waals surface area contributed by atoms with Crippen LogP contribution in [0.15, 0.2) is 0 Å². The number of aliphatic hydroxyl groups excluding tert-OH is 1. The molecule has 0 aromatic carbocycles. The van der Waals surface area contributed by atoms with Crippen molar-refractivity contribution in [1.82, 2.24) is 4.31 Å². The van der Waals surface area contributed by atoms with Gasteiger partial charge in [-0.1, -0.05) is 6.92 Å². The van der Waals surface area contributed by atoms with Crippen LogP contribution in [-0.2, 0) is 10.2 Å². The molecular formula is C7H16F2N2O3S. The van der Waals surface area contributed by atoms with E-state index in [-0.39, 0.29) is 0 Å². The Morgan fingerprint density at radius 2 is 2.00 bits per heavy atom. The third-order valence-corrected chi connectivity index (χ3v) is 3.17. The lowest BCUT2D eigenvalue weighted by molar-refractivity contribution is -0.0641. The van der Waals surface area contributed by atoms with Crippen molar-refractivity contribution in [2.24, 2.45) is 5.14 Å². The molecule has 0 rings (SSSR count). The minimum Gasteiger partial charge on any atom is -0.390 e. The van der Waals surface area contributed by atoms with Crippen LogP contribution < -0.4 is 5.14 Å². The summed E-state index contributed by atoms with van der Waals surface area (Å²) in [6, 6.07) is -0.627. The van der Waals surface area contributed by atoms with E-state index in [9.17, 15) is 17.2 Å². The second-order valence-electron chi connectivity index (χ2n) is 3.36. The number of rotatable bonds is 6. The highest BCUT2D eigenvalue weighted by molar-refractivity contribution is 7.86. The van der Waals surface area contributed by atoms with E-state index in [4.69, 9.17) is 10.2 Å². The van der Waals surface area contributed by atoms with E-state index < -0.39 is 35.3 Å². The van der Waals surface area contributed by atoms with E-state index in [0.29, 0.717) is 10.7 Å². The van der Waals surface area contributed by atoms with E-state index >= 15 is 0 Å². The summed E-state index contributed by atoms with van der Waals surface area (Å²) in [7, 11) is -4.18. The van der Waals surface area contributed by atoms with Crippen LogP contribution in [0.5, 0.6) is 0 Å². The smallest absolute Gasteiger partial charge is 0.284 e. The maximum atomic E-state index is 12.8. The van der Waals surface area contributed by atoms with Crippen molar-refractivity contribution in [2.75, 3.05) is 13.2 Å². The average Bonchev–Trinajstić information content (AvgIpc) is 2.11. The van der Waals surface area contributed by atoms with Crippen LogP contribution >= 0.6 is 0 Å². The highest BCUT2D eigenvalue weighted by Gasteiger charge is 2.36. The molecule has 0 amide bonds. The standard InChI is InChI=1S/C7H16F2N2O3S/c1-3-6(2)11(15(10,13)14)4-7(8,9)5-12/h6,12H,3-5H2,1-2H3,(H2,10,13,14). The highest BCUT2D eigenvalue weighted by atomic mass is 32.2. The molecule has 0 aliphatic rings. The number of halogens is 2. The Morgan fingerprint density at radius 1 is 1.53 bits per heavy atom. The van der Waals surface area contributed by atoms with Gasteiger partial charge in [0.2, 0.25) is 0 Å². The Kier molecular flexibility index (Phi) is 5.04. The second-order valence-corrected chi connectivity index (χ2v) is 4.86. The molecule has 0 saturated heterocycles. The van der Waals surface area contributed by atoms with Crippen LogP contribution in [0.3, 0.4) is 0 Å². The summed E-state index contributed by atoms with van der Waals surface area (Å²) in [6.45, 7) is 0.616. The van der Waals surface area contributed by atoms with Crippen LogP contribution in [0.4, 0.5) is 8.78 Å². The normalized spacial score (nSPS) is 15.7. The molecule has 0 radical (unpaired) electrons. The van der Waals surface area contributed by atoms with Crippen molar-refractivity contribution in [3.05, 3.63) is 0 Å². The molecule has 15 heavy (non-hydrogen) atoms. The Balaban J connectivity index is 4.84. The van der Waals surface area contributed by atoms with Gasteiger partial charge in [0.1, 0.15) is 6.61 Å². The predicted molar refractivity (Wildman–Crippen MR) is 51.6 cm³/mol. The first kappa shape index (κ1) is 14.7. The van der Waals surface area contributed by atoms with Crippen LogP contribution in [0.1, 0.15) is 20.3 Å². The molecule has 0 bridgehead atoms. The lowest BCUT2D eigenvalue weighted by Crippen LogP contribution is -2.49. The van der Waals surface area contributed by atoms with Gasteiger partial charge >= 0.3 is 0 Å². The minimum atomic E-state index is -4.18. The summed E-state index contributed by atoms with van der Waals surface area (Å²) in [5.74, 6) is -3.48. The molecule has 1 unspecified atom stereocenters. The molecule has 5 nitrogen and oxygen atoms in total. The highest BCUT2D eigenvalue weighted by Crippen LogP contribution is 2.18. The summed E-state index contributed by atoms with van der Waals surface area (Å²) in [5, 5.41) is 13.2. The first-order chi connectivity index (χ1) is 6.64. The topological polar surface area (TPSA) is 83.6 Å². The minimum absolute atomic E-state index is 0.359. The Morgan fingerprint density at radius 3 is 2.27 bits per heavy atom. The van der Waals surface area contributed by atoms with Gasteiger partial charge in [-0.05, 0) is 13.3 Å². The molecular weight excluding hydrogens is 230 g/mol. The van der Waals surface area contributed by atoms with Crippen LogP contribution in [-0.4, -0.2) is 42.9 Å². The van der Waals surface area contributed by atoms with E-state index in [1.165, 1.54) is 6.92 Å². The summed E-state index contributed by atoms with van der Waals surface area (Å²) in [5.41, 5.74) is 0. The third-order valence-electron chi connectivity index (χ3n) is 2.03. The fourth-order valence-corrected chi connectivity index (χ4v) is 2.00. The van der Waals surface area contributed by atoms with Crippen LogP contribution in [0.2, 0.25) is 0 Å². The van der Waals surface area contributed by atoms with Gasteiger partial charge in [0.25, 0.3) is 16.1 Å². The molecule has 0 aromatic rings. The zero-order valence-electron chi connectivity index (χ0n) is 8.65. The number of alkyl halides is 2. The predicted octanol–water partition coefficient (Wildman–Crippen LogP) is -0.0820. The fourth-order valence-electron chi connectivity index (χ4n) is 0.978. The molecule has 0 spiro atoms. The van der Waals surface area contributed by atoms with Crippen molar-refractivity contribution in [3.8, 4) is 0 Å². The zero-order chi connectivity index (χ0) is 12.3. The van der Waals surface area contributed by atoms with Gasteiger partial charge < -0.3 is 5.11 Å². The van der Waals surface area contributed by atoms with Crippen molar-refractivity contribution in [1.29, 1.82) is 0 Å². The Bertz CT molecular complexity index is 295. The number of nitrogens with two attached hydrogens (primary N) is 1. The second kappa shape index (κ2) is 5.15. The lowest BCUT2D eigenvalue weighted by Gasteiger charge is -2.28. The van der Waals surface area contributed by atoms with Crippen LogP contribution in [0.25, 0.3) is 0 Å². The Hall–Kier alpha value is -0.310. The van der Waals surface area contributed by atoms with Crippen molar-refractivity contribution in [3.63, 3.8) is 0 Å². The Labute approximate surface area is 88.1 Å². The SMILES string of the molecule is CCC(C)N(CC(F)(F)CO)S(N)(=O)=O. The van der Waals surface area contributed by atoms with Gasteiger partial charge in [-0.15, -0.1) is 0 Å². The molecule has 0 fully saturated rings. The molecule has 92 valence electrons. The molecule has 8 heteroatoms.